The van der Waals surface area contributed by atoms with Gasteiger partial charge in [0.15, 0.2) is 5.78 Å². The van der Waals surface area contributed by atoms with Gasteiger partial charge in [0.1, 0.15) is 5.25 Å². The number of ketones is 1. The summed E-state index contributed by atoms with van der Waals surface area (Å²) in [5.74, 6) is -0.150. The van der Waals surface area contributed by atoms with Crippen LogP contribution >= 0.6 is 11.8 Å². The van der Waals surface area contributed by atoms with Crippen LogP contribution in [0.1, 0.15) is 26.7 Å². The van der Waals surface area contributed by atoms with E-state index in [-0.39, 0.29) is 11.7 Å². The molecule has 152 valence electrons. The van der Waals surface area contributed by atoms with Gasteiger partial charge in [-0.05, 0) is 42.0 Å². The van der Waals surface area contributed by atoms with Crippen molar-refractivity contribution in [3.05, 3.63) is 132 Å². The first kappa shape index (κ1) is 20.6. The van der Waals surface area contributed by atoms with Crippen molar-refractivity contribution in [1.29, 1.82) is 0 Å². The molecule has 0 aliphatic rings. The molecule has 1 atom stereocenters. The monoisotopic (exact) mass is 423 g/mol. The van der Waals surface area contributed by atoms with Gasteiger partial charge in [-0.2, -0.15) is 0 Å². The Morgan fingerprint density at radius 3 is 1.74 bits per heavy atom. The molecule has 0 radical (unpaired) electrons. The first-order valence-corrected chi connectivity index (χ1v) is 10.9. The maximum atomic E-state index is 13.2. The molecule has 0 spiro atoms. The molecule has 3 nitrogen and oxygen atoms in total. The van der Waals surface area contributed by atoms with Crippen molar-refractivity contribution in [2.24, 2.45) is 0 Å². The van der Waals surface area contributed by atoms with Crippen molar-refractivity contribution in [2.75, 3.05) is 5.32 Å². The van der Waals surface area contributed by atoms with E-state index in [9.17, 15) is 9.59 Å². The minimum Gasteiger partial charge on any atom is -0.325 e. The van der Waals surface area contributed by atoms with Gasteiger partial charge in [-0.3, -0.25) is 9.59 Å². The fraction of sp³-hybridized carbons (Fsp3) is 0.0370. The molecule has 0 saturated carbocycles. The molecular formula is C27H21NO2S. The maximum Gasteiger partial charge on any atom is 0.242 e. The van der Waals surface area contributed by atoms with E-state index in [4.69, 9.17) is 0 Å². The van der Waals surface area contributed by atoms with Crippen LogP contribution in [0.25, 0.3) is 0 Å². The van der Waals surface area contributed by atoms with E-state index < -0.39 is 5.25 Å². The molecule has 4 aromatic rings. The van der Waals surface area contributed by atoms with Crippen LogP contribution in [0.5, 0.6) is 0 Å². The quantitative estimate of drug-likeness (QED) is 0.277. The van der Waals surface area contributed by atoms with Crippen LogP contribution in [0.3, 0.4) is 0 Å². The Hall–Kier alpha value is -3.63. The third-order valence-corrected chi connectivity index (χ3v) is 6.05. The Morgan fingerprint density at radius 1 is 0.613 bits per heavy atom. The Kier molecular flexibility index (Phi) is 6.60. The molecule has 0 fully saturated rings. The normalized spacial score (nSPS) is 11.5. The van der Waals surface area contributed by atoms with E-state index in [0.29, 0.717) is 16.8 Å². The second-order valence-electron chi connectivity index (χ2n) is 6.98. The van der Waals surface area contributed by atoms with Crippen molar-refractivity contribution < 1.29 is 9.59 Å². The van der Waals surface area contributed by atoms with Gasteiger partial charge in [-0.1, -0.05) is 78.9 Å². The predicted molar refractivity (Wildman–Crippen MR) is 126 cm³/mol. The fourth-order valence-corrected chi connectivity index (χ4v) is 4.25. The standard InChI is InChI=1S/C27H21NO2S/c29-25(20-10-4-1-5-11-20)21-16-18-23(19-17-21)28-27(30)26(22-12-6-2-7-13-22)31-24-14-8-3-9-15-24/h1-19,26H,(H,28,30). The second kappa shape index (κ2) is 9.92. The number of anilines is 1. The molecule has 31 heavy (non-hydrogen) atoms. The molecule has 0 aliphatic carbocycles. The number of hydrogen-bond donors (Lipinski definition) is 1. The van der Waals surface area contributed by atoms with Crippen LogP contribution in [0.2, 0.25) is 0 Å². The van der Waals surface area contributed by atoms with E-state index in [0.717, 1.165) is 10.5 Å². The molecular weight excluding hydrogens is 402 g/mol. The van der Waals surface area contributed by atoms with Crippen LogP contribution < -0.4 is 5.32 Å². The lowest BCUT2D eigenvalue weighted by Gasteiger charge is -2.17. The number of rotatable bonds is 7. The molecule has 1 unspecified atom stereocenters. The zero-order valence-corrected chi connectivity index (χ0v) is 17.6. The summed E-state index contributed by atoms with van der Waals surface area (Å²) in [4.78, 5) is 26.8. The first-order valence-electron chi connectivity index (χ1n) is 9.98. The number of amides is 1. The summed E-state index contributed by atoms with van der Waals surface area (Å²) >= 11 is 1.51. The number of carbonyl (C=O) groups is 2. The van der Waals surface area contributed by atoms with Gasteiger partial charge in [-0.25, -0.2) is 0 Å². The molecule has 1 amide bonds. The van der Waals surface area contributed by atoms with Crippen molar-refractivity contribution in [2.45, 2.75) is 10.1 Å². The largest absolute Gasteiger partial charge is 0.325 e. The van der Waals surface area contributed by atoms with E-state index in [1.165, 1.54) is 11.8 Å². The minimum atomic E-state index is -0.394. The topological polar surface area (TPSA) is 46.2 Å². The number of carbonyl (C=O) groups excluding carboxylic acids is 2. The van der Waals surface area contributed by atoms with Crippen molar-refractivity contribution >= 4 is 29.1 Å². The van der Waals surface area contributed by atoms with Gasteiger partial charge in [0.05, 0.1) is 0 Å². The first-order chi connectivity index (χ1) is 15.2. The number of benzene rings is 4. The molecule has 0 heterocycles. The number of hydrogen-bond acceptors (Lipinski definition) is 3. The average Bonchev–Trinajstić information content (AvgIpc) is 2.84. The van der Waals surface area contributed by atoms with Crippen LogP contribution in [0.4, 0.5) is 5.69 Å². The second-order valence-corrected chi connectivity index (χ2v) is 8.16. The molecule has 0 saturated heterocycles. The van der Waals surface area contributed by atoms with Crippen molar-refractivity contribution in [3.8, 4) is 0 Å². The Labute approximate surface area is 186 Å². The molecule has 0 bridgehead atoms. The van der Waals surface area contributed by atoms with Gasteiger partial charge in [0.2, 0.25) is 5.91 Å². The number of nitrogens with one attached hydrogen (secondary N) is 1. The van der Waals surface area contributed by atoms with Crippen LogP contribution in [-0.4, -0.2) is 11.7 Å². The third-order valence-electron chi connectivity index (χ3n) is 4.79. The molecule has 1 N–H and O–H groups in total. The van der Waals surface area contributed by atoms with E-state index in [1.807, 2.05) is 78.9 Å². The minimum absolute atomic E-state index is 0.0414. The van der Waals surface area contributed by atoms with Crippen LogP contribution in [0, 0.1) is 0 Å². The molecule has 4 rings (SSSR count). The lowest BCUT2D eigenvalue weighted by atomic mass is 10.0. The van der Waals surface area contributed by atoms with Gasteiger partial charge in [0, 0.05) is 21.7 Å². The highest BCUT2D eigenvalue weighted by Crippen LogP contribution is 2.36. The highest BCUT2D eigenvalue weighted by molar-refractivity contribution is 8.00. The number of thioether (sulfide) groups is 1. The lowest BCUT2D eigenvalue weighted by Crippen LogP contribution is -2.19. The average molecular weight is 424 g/mol. The summed E-state index contributed by atoms with van der Waals surface area (Å²) < 4.78 is 0. The summed E-state index contributed by atoms with van der Waals surface area (Å²) in [6, 6.07) is 35.8. The van der Waals surface area contributed by atoms with Crippen LogP contribution in [0.15, 0.2) is 120 Å². The third kappa shape index (κ3) is 5.30. The summed E-state index contributed by atoms with van der Waals surface area (Å²) in [5.41, 5.74) is 2.82. The summed E-state index contributed by atoms with van der Waals surface area (Å²) in [6.45, 7) is 0. The molecule has 4 aromatic carbocycles. The summed E-state index contributed by atoms with van der Waals surface area (Å²) in [7, 11) is 0. The Morgan fingerprint density at radius 2 is 1.13 bits per heavy atom. The summed E-state index contributed by atoms with van der Waals surface area (Å²) in [6.07, 6.45) is 0. The van der Waals surface area contributed by atoms with E-state index in [1.54, 1.807) is 36.4 Å². The maximum absolute atomic E-state index is 13.2. The smallest absolute Gasteiger partial charge is 0.242 e. The van der Waals surface area contributed by atoms with Gasteiger partial charge < -0.3 is 5.32 Å². The lowest BCUT2D eigenvalue weighted by molar-refractivity contribution is -0.115. The van der Waals surface area contributed by atoms with Gasteiger partial charge in [-0.15, -0.1) is 11.8 Å². The highest BCUT2D eigenvalue weighted by atomic mass is 32.2. The van der Waals surface area contributed by atoms with Crippen molar-refractivity contribution in [1.82, 2.24) is 0 Å². The predicted octanol–water partition coefficient (Wildman–Crippen LogP) is 6.39. The molecule has 4 heteroatoms. The zero-order valence-electron chi connectivity index (χ0n) is 16.8. The Bertz CT molecular complexity index is 1140. The molecule has 0 aromatic heterocycles. The highest BCUT2D eigenvalue weighted by Gasteiger charge is 2.22. The van der Waals surface area contributed by atoms with Crippen LogP contribution in [-0.2, 0) is 4.79 Å². The van der Waals surface area contributed by atoms with E-state index >= 15 is 0 Å². The fourth-order valence-electron chi connectivity index (χ4n) is 3.20. The summed E-state index contributed by atoms with van der Waals surface area (Å²) in [5, 5.41) is 2.60. The Balaban J connectivity index is 1.51. The van der Waals surface area contributed by atoms with Crippen molar-refractivity contribution in [3.63, 3.8) is 0 Å². The SMILES string of the molecule is O=C(c1ccccc1)c1ccc(NC(=O)C(Sc2ccccc2)c2ccccc2)cc1. The zero-order chi connectivity index (χ0) is 21.5. The molecule has 0 aliphatic heterocycles. The van der Waals surface area contributed by atoms with E-state index in [2.05, 4.69) is 5.32 Å². The van der Waals surface area contributed by atoms with Gasteiger partial charge in [0.25, 0.3) is 0 Å². The van der Waals surface area contributed by atoms with Gasteiger partial charge >= 0.3 is 0 Å².